The zero-order valence-corrected chi connectivity index (χ0v) is 16.5. The number of benzene rings is 2. The highest BCUT2D eigenvalue weighted by atomic mass is 32.2. The molecule has 0 aliphatic carbocycles. The molecule has 0 saturated carbocycles. The van der Waals surface area contributed by atoms with Crippen molar-refractivity contribution >= 4 is 27.6 Å². The lowest BCUT2D eigenvalue weighted by molar-refractivity contribution is 0.102. The third-order valence-electron chi connectivity index (χ3n) is 3.94. The molecule has 1 heterocycles. The van der Waals surface area contributed by atoms with Crippen molar-refractivity contribution in [2.45, 2.75) is 25.7 Å². The summed E-state index contributed by atoms with van der Waals surface area (Å²) in [5, 5.41) is 2.74. The van der Waals surface area contributed by atoms with Crippen molar-refractivity contribution in [1.29, 1.82) is 0 Å². The van der Waals surface area contributed by atoms with Crippen molar-refractivity contribution in [3.05, 3.63) is 77.1 Å². The van der Waals surface area contributed by atoms with Gasteiger partial charge in [0.05, 0.1) is 4.90 Å². The molecule has 0 aliphatic rings. The normalized spacial score (nSPS) is 11.1. The fourth-order valence-corrected chi connectivity index (χ4v) is 3.52. The average Bonchev–Trinajstić information content (AvgIpc) is 2.61. The molecule has 0 spiro atoms. The Morgan fingerprint density at radius 3 is 2.00 bits per heavy atom. The van der Waals surface area contributed by atoms with Gasteiger partial charge in [-0.2, -0.15) is 0 Å². The van der Waals surface area contributed by atoms with E-state index in [1.807, 2.05) is 19.1 Å². The summed E-state index contributed by atoms with van der Waals surface area (Å²) in [5.74, 6) is -0.244. The van der Waals surface area contributed by atoms with Crippen LogP contribution in [0.5, 0.6) is 0 Å². The third kappa shape index (κ3) is 4.72. The predicted octanol–water partition coefficient (Wildman–Crippen LogP) is 3.45. The fraction of sp³-hybridized carbons (Fsp3) is 0.150. The molecule has 8 heteroatoms. The Morgan fingerprint density at radius 2 is 1.43 bits per heavy atom. The summed E-state index contributed by atoms with van der Waals surface area (Å²) < 4.78 is 27.4. The van der Waals surface area contributed by atoms with Gasteiger partial charge in [-0.15, -0.1) is 0 Å². The van der Waals surface area contributed by atoms with Gasteiger partial charge in [-0.1, -0.05) is 17.7 Å². The van der Waals surface area contributed by atoms with E-state index in [1.165, 1.54) is 24.3 Å². The summed E-state index contributed by atoms with van der Waals surface area (Å²) in [7, 11) is -3.84. The number of nitrogens with one attached hydrogen (secondary N) is 2. The number of aryl methyl sites for hydroxylation is 3. The minimum atomic E-state index is -3.84. The third-order valence-corrected chi connectivity index (χ3v) is 5.29. The van der Waals surface area contributed by atoms with Crippen molar-refractivity contribution in [1.82, 2.24) is 9.97 Å². The molecule has 0 aliphatic heterocycles. The number of rotatable bonds is 5. The lowest BCUT2D eigenvalue weighted by Crippen LogP contribution is -2.16. The molecule has 1 aromatic heterocycles. The number of hydrogen-bond acceptors (Lipinski definition) is 5. The molecule has 3 rings (SSSR count). The highest BCUT2D eigenvalue weighted by Gasteiger charge is 2.16. The molecule has 0 atom stereocenters. The second kappa shape index (κ2) is 7.77. The van der Waals surface area contributed by atoms with Gasteiger partial charge in [-0.25, -0.2) is 23.1 Å². The largest absolute Gasteiger partial charge is 0.322 e. The molecule has 7 nitrogen and oxygen atoms in total. The van der Waals surface area contributed by atoms with E-state index in [-0.39, 0.29) is 16.8 Å². The van der Waals surface area contributed by atoms with Crippen LogP contribution in [0.15, 0.2) is 59.5 Å². The fourth-order valence-electron chi connectivity index (χ4n) is 2.58. The van der Waals surface area contributed by atoms with Crippen molar-refractivity contribution in [2.75, 3.05) is 10.0 Å². The number of nitrogens with zero attached hydrogens (tertiary/aromatic N) is 2. The summed E-state index contributed by atoms with van der Waals surface area (Å²) >= 11 is 0. The van der Waals surface area contributed by atoms with E-state index in [0.717, 1.165) is 5.56 Å². The molecule has 0 radical (unpaired) electrons. The van der Waals surface area contributed by atoms with Gasteiger partial charge in [0.2, 0.25) is 5.95 Å². The van der Waals surface area contributed by atoms with E-state index in [9.17, 15) is 13.2 Å². The van der Waals surface area contributed by atoms with E-state index in [4.69, 9.17) is 0 Å². The van der Waals surface area contributed by atoms with Crippen LogP contribution in [0.3, 0.4) is 0 Å². The number of anilines is 2. The van der Waals surface area contributed by atoms with Crippen molar-refractivity contribution in [2.24, 2.45) is 0 Å². The van der Waals surface area contributed by atoms with Crippen LogP contribution in [0.1, 0.15) is 27.3 Å². The Bertz CT molecular complexity index is 1090. The quantitative estimate of drug-likeness (QED) is 0.688. The van der Waals surface area contributed by atoms with Crippen LogP contribution in [-0.2, 0) is 10.0 Å². The maximum absolute atomic E-state index is 12.5. The Balaban J connectivity index is 1.73. The SMILES string of the molecule is Cc1ccc(C(=O)Nc2ccc(S(=O)(=O)Nc3nc(C)cc(C)n3)cc2)cc1. The van der Waals surface area contributed by atoms with Gasteiger partial charge in [0, 0.05) is 22.6 Å². The number of carbonyl (C=O) groups excluding carboxylic acids is 1. The maximum Gasteiger partial charge on any atom is 0.264 e. The van der Waals surface area contributed by atoms with E-state index >= 15 is 0 Å². The molecule has 2 N–H and O–H groups in total. The summed E-state index contributed by atoms with van der Waals surface area (Å²) in [6.07, 6.45) is 0. The number of hydrogen-bond donors (Lipinski definition) is 2. The lowest BCUT2D eigenvalue weighted by Gasteiger charge is -2.09. The summed E-state index contributed by atoms with van der Waals surface area (Å²) in [6, 6.07) is 14.8. The zero-order valence-electron chi connectivity index (χ0n) is 15.7. The molecule has 1 amide bonds. The first-order valence-corrected chi connectivity index (χ1v) is 10.0. The second-order valence-corrected chi connectivity index (χ2v) is 8.11. The van der Waals surface area contributed by atoms with Gasteiger partial charge >= 0.3 is 0 Å². The Morgan fingerprint density at radius 1 is 0.857 bits per heavy atom. The monoisotopic (exact) mass is 396 g/mol. The second-order valence-electron chi connectivity index (χ2n) is 6.42. The van der Waals surface area contributed by atoms with Crippen LogP contribution < -0.4 is 10.0 Å². The number of sulfonamides is 1. The average molecular weight is 396 g/mol. The van der Waals surface area contributed by atoms with E-state index in [0.29, 0.717) is 22.6 Å². The number of carbonyl (C=O) groups is 1. The molecule has 2 aromatic carbocycles. The molecule has 0 fully saturated rings. The van der Waals surface area contributed by atoms with Crippen LogP contribution in [0.2, 0.25) is 0 Å². The summed E-state index contributed by atoms with van der Waals surface area (Å²) in [5.41, 5.74) is 3.41. The van der Waals surface area contributed by atoms with Crippen LogP contribution in [0, 0.1) is 20.8 Å². The van der Waals surface area contributed by atoms with Gasteiger partial charge < -0.3 is 5.32 Å². The van der Waals surface area contributed by atoms with Gasteiger partial charge in [0.25, 0.3) is 15.9 Å². The Hall–Kier alpha value is -3.26. The minimum absolute atomic E-state index is 0.0225. The van der Waals surface area contributed by atoms with Gasteiger partial charge in [0.15, 0.2) is 0 Å². The van der Waals surface area contributed by atoms with Gasteiger partial charge in [0.1, 0.15) is 0 Å². The first-order chi connectivity index (χ1) is 13.2. The molecule has 0 bridgehead atoms. The van der Waals surface area contributed by atoms with E-state index in [1.54, 1.807) is 32.0 Å². The molecular formula is C20H20N4O3S. The standard InChI is InChI=1S/C20H20N4O3S/c1-13-4-6-16(7-5-13)19(25)23-17-8-10-18(11-9-17)28(26,27)24-20-21-14(2)12-15(3)22-20/h4-12H,1-3H3,(H,23,25)(H,21,22,24). The topological polar surface area (TPSA) is 101 Å². The van der Waals surface area contributed by atoms with Crippen LogP contribution in [0.25, 0.3) is 0 Å². The maximum atomic E-state index is 12.5. The number of aromatic nitrogens is 2. The minimum Gasteiger partial charge on any atom is -0.322 e. The van der Waals surface area contributed by atoms with Crippen LogP contribution in [-0.4, -0.2) is 24.3 Å². The molecule has 28 heavy (non-hydrogen) atoms. The van der Waals surface area contributed by atoms with Crippen LogP contribution in [0.4, 0.5) is 11.6 Å². The highest BCUT2D eigenvalue weighted by molar-refractivity contribution is 7.92. The predicted molar refractivity (Wildman–Crippen MR) is 108 cm³/mol. The molecule has 144 valence electrons. The van der Waals surface area contributed by atoms with E-state index in [2.05, 4.69) is 20.0 Å². The van der Waals surface area contributed by atoms with Gasteiger partial charge in [-0.3, -0.25) is 4.79 Å². The Kier molecular flexibility index (Phi) is 5.41. The lowest BCUT2D eigenvalue weighted by atomic mass is 10.1. The first-order valence-electron chi connectivity index (χ1n) is 8.56. The smallest absolute Gasteiger partial charge is 0.264 e. The summed E-state index contributed by atoms with van der Waals surface area (Å²) in [4.78, 5) is 20.5. The Labute approximate surface area is 163 Å². The molecule has 3 aromatic rings. The van der Waals surface area contributed by atoms with Gasteiger partial charge in [-0.05, 0) is 63.2 Å². The molecule has 0 saturated heterocycles. The van der Waals surface area contributed by atoms with Crippen molar-refractivity contribution in [3.63, 3.8) is 0 Å². The summed E-state index contributed by atoms with van der Waals surface area (Å²) in [6.45, 7) is 5.47. The number of amides is 1. The van der Waals surface area contributed by atoms with Crippen molar-refractivity contribution < 1.29 is 13.2 Å². The van der Waals surface area contributed by atoms with Crippen LogP contribution >= 0.6 is 0 Å². The first kappa shape index (κ1) is 19.5. The molecular weight excluding hydrogens is 376 g/mol. The highest BCUT2D eigenvalue weighted by Crippen LogP contribution is 2.18. The van der Waals surface area contributed by atoms with E-state index < -0.39 is 10.0 Å². The molecule has 0 unspecified atom stereocenters. The van der Waals surface area contributed by atoms with Crippen molar-refractivity contribution in [3.8, 4) is 0 Å². The zero-order chi connectivity index (χ0) is 20.3.